The number of amides is 2. The minimum atomic E-state index is -0.566. The Morgan fingerprint density at radius 2 is 1.40 bits per heavy atom. The maximum atomic E-state index is 13.4. The number of nitrogens with zero attached hydrogens (tertiary/aromatic N) is 2. The molecule has 0 aromatic heterocycles. The van der Waals surface area contributed by atoms with Crippen LogP contribution in [-0.4, -0.2) is 31.1 Å². The molecule has 0 spiro atoms. The number of carbonyl (C=O) groups excluding carboxylic acids is 2. The summed E-state index contributed by atoms with van der Waals surface area (Å²) in [6.45, 7) is 5.98. The molecule has 5 rings (SSSR count). The highest BCUT2D eigenvalue weighted by molar-refractivity contribution is 6.34. The summed E-state index contributed by atoms with van der Waals surface area (Å²) in [6.07, 6.45) is 3.27. The van der Waals surface area contributed by atoms with Crippen molar-refractivity contribution in [3.8, 4) is 0 Å². The van der Waals surface area contributed by atoms with Crippen LogP contribution in [0.3, 0.4) is 0 Å². The zero-order valence-corrected chi connectivity index (χ0v) is 24.2. The molecule has 2 N–H and O–H groups in total. The molecule has 210 valence electrons. The molecule has 7 heteroatoms. The van der Waals surface area contributed by atoms with Crippen LogP contribution in [0, 0.1) is 0 Å². The highest BCUT2D eigenvalue weighted by Crippen LogP contribution is 2.27. The van der Waals surface area contributed by atoms with E-state index in [0.717, 1.165) is 51.4 Å². The van der Waals surface area contributed by atoms with Crippen molar-refractivity contribution in [2.75, 3.05) is 18.0 Å². The van der Waals surface area contributed by atoms with Crippen LogP contribution in [0.5, 0.6) is 0 Å². The van der Waals surface area contributed by atoms with Crippen LogP contribution in [0.15, 0.2) is 114 Å². The third-order valence-electron chi connectivity index (χ3n) is 7.12. The smallest absolute Gasteiger partial charge is 0.287 e. The summed E-state index contributed by atoms with van der Waals surface area (Å²) in [6, 6.07) is 32.7. The lowest BCUT2D eigenvalue weighted by atomic mass is 9.97. The predicted octanol–water partition coefficient (Wildman–Crippen LogP) is 7.41. The first-order valence-corrected chi connectivity index (χ1v) is 14.2. The van der Waals surface area contributed by atoms with E-state index in [0.29, 0.717) is 5.02 Å². The zero-order valence-electron chi connectivity index (χ0n) is 23.5. The molecule has 0 heterocycles. The highest BCUT2D eigenvalue weighted by Gasteiger charge is 2.17. The highest BCUT2D eigenvalue weighted by atomic mass is 35.5. The lowest BCUT2D eigenvalue weighted by Crippen LogP contribution is -2.33. The summed E-state index contributed by atoms with van der Waals surface area (Å²) in [5.74, 6) is -1.06. The number of carbonyl (C=O) groups is 2. The van der Waals surface area contributed by atoms with Crippen LogP contribution in [0.4, 0.5) is 5.69 Å². The molecular formula is C35H31ClN4O2. The minimum Gasteiger partial charge on any atom is -0.372 e. The standard InChI is InChI=1S/C35H31ClN4O2/c1-3-40(4-2)27-19-17-24(18-20-27)21-33(38-34(41)30-15-9-10-16-32(30)36)35(42)39-37-23-31-28-13-7-5-11-25(28)22-26-12-6-8-14-29(26)31/h5-23H,3-4H2,1-2H3,(H,38,41)(H,39,42)/b33-21-,37-23-. The van der Waals surface area contributed by atoms with Gasteiger partial charge < -0.3 is 10.2 Å². The minimum absolute atomic E-state index is 0.0374. The van der Waals surface area contributed by atoms with Crippen molar-refractivity contribution in [1.82, 2.24) is 10.7 Å². The number of benzene rings is 5. The number of nitrogens with one attached hydrogen (secondary N) is 2. The number of halogens is 1. The van der Waals surface area contributed by atoms with Crippen molar-refractivity contribution in [3.63, 3.8) is 0 Å². The van der Waals surface area contributed by atoms with Crippen molar-refractivity contribution in [2.45, 2.75) is 13.8 Å². The van der Waals surface area contributed by atoms with Crippen molar-refractivity contribution in [1.29, 1.82) is 0 Å². The van der Waals surface area contributed by atoms with Crippen molar-refractivity contribution in [2.24, 2.45) is 5.10 Å². The first-order chi connectivity index (χ1) is 20.5. The van der Waals surface area contributed by atoms with Crippen LogP contribution in [0.25, 0.3) is 27.6 Å². The molecule has 5 aromatic rings. The quantitative estimate of drug-likeness (QED) is 0.0833. The molecule has 42 heavy (non-hydrogen) atoms. The van der Waals surface area contributed by atoms with E-state index >= 15 is 0 Å². The molecule has 6 nitrogen and oxygen atoms in total. The average molecular weight is 575 g/mol. The van der Waals surface area contributed by atoms with Gasteiger partial charge in [-0.2, -0.15) is 5.10 Å². The van der Waals surface area contributed by atoms with Crippen molar-refractivity contribution >= 4 is 62.9 Å². The summed E-state index contributed by atoms with van der Waals surface area (Å²) in [5.41, 5.74) is 5.63. The van der Waals surface area contributed by atoms with Crippen LogP contribution < -0.4 is 15.6 Å². The Hall–Kier alpha value is -4.94. The number of hydrogen-bond acceptors (Lipinski definition) is 4. The van der Waals surface area contributed by atoms with E-state index in [9.17, 15) is 9.59 Å². The normalized spacial score (nSPS) is 11.6. The summed E-state index contributed by atoms with van der Waals surface area (Å²) in [7, 11) is 0. The summed E-state index contributed by atoms with van der Waals surface area (Å²) >= 11 is 6.25. The number of fused-ring (bicyclic) bond motifs is 2. The molecule has 2 amide bonds. The average Bonchev–Trinajstić information content (AvgIpc) is 3.01. The van der Waals surface area contributed by atoms with Crippen molar-refractivity contribution < 1.29 is 9.59 Å². The maximum absolute atomic E-state index is 13.4. The Labute approximate surface area is 250 Å². The van der Waals surface area contributed by atoms with Gasteiger partial charge in [0.25, 0.3) is 11.8 Å². The van der Waals surface area contributed by atoms with Gasteiger partial charge in [0.05, 0.1) is 16.8 Å². The van der Waals surface area contributed by atoms with Gasteiger partial charge in [0.1, 0.15) is 5.70 Å². The topological polar surface area (TPSA) is 73.8 Å². The van der Waals surface area contributed by atoms with E-state index in [1.54, 1.807) is 36.6 Å². The molecule has 0 atom stereocenters. The Bertz CT molecular complexity index is 1750. The number of hydrazone groups is 1. The molecule has 0 bridgehead atoms. The Morgan fingerprint density at radius 1 is 0.810 bits per heavy atom. The molecule has 5 aromatic carbocycles. The van der Waals surface area contributed by atoms with Crippen molar-refractivity contribution in [3.05, 3.63) is 131 Å². The summed E-state index contributed by atoms with van der Waals surface area (Å²) < 4.78 is 0. The Balaban J connectivity index is 1.45. The summed E-state index contributed by atoms with van der Waals surface area (Å²) in [4.78, 5) is 28.8. The lowest BCUT2D eigenvalue weighted by molar-refractivity contribution is -0.117. The third-order valence-corrected chi connectivity index (χ3v) is 7.45. The maximum Gasteiger partial charge on any atom is 0.287 e. The first kappa shape index (κ1) is 28.6. The Kier molecular flexibility index (Phi) is 8.95. The second kappa shape index (κ2) is 13.1. The number of rotatable bonds is 9. The van der Waals surface area contributed by atoms with Gasteiger partial charge >= 0.3 is 0 Å². The second-order valence-electron chi connectivity index (χ2n) is 9.69. The fraction of sp³-hybridized carbons (Fsp3) is 0.114. The van der Waals surface area contributed by atoms with E-state index in [1.165, 1.54) is 0 Å². The van der Waals surface area contributed by atoms with E-state index in [-0.39, 0.29) is 11.3 Å². The number of anilines is 1. The summed E-state index contributed by atoms with van der Waals surface area (Å²) in [5, 5.41) is 11.5. The van der Waals surface area contributed by atoms with Gasteiger partial charge in [-0.05, 0) is 77.4 Å². The molecule has 0 fully saturated rings. The van der Waals surface area contributed by atoms with Crippen LogP contribution in [0.1, 0.15) is 35.3 Å². The number of hydrogen-bond donors (Lipinski definition) is 2. The third kappa shape index (κ3) is 6.35. The van der Waals surface area contributed by atoms with Gasteiger partial charge in [-0.15, -0.1) is 0 Å². The molecule has 0 saturated heterocycles. The van der Waals surface area contributed by atoms with Gasteiger partial charge in [-0.25, -0.2) is 5.43 Å². The molecular weight excluding hydrogens is 544 g/mol. The second-order valence-corrected chi connectivity index (χ2v) is 10.1. The molecule has 0 saturated carbocycles. The zero-order chi connectivity index (χ0) is 29.5. The van der Waals surface area contributed by atoms with Crippen LogP contribution >= 0.6 is 11.6 Å². The van der Waals surface area contributed by atoms with E-state index in [4.69, 9.17) is 11.6 Å². The van der Waals surface area contributed by atoms with Crippen LogP contribution in [0.2, 0.25) is 5.02 Å². The van der Waals surface area contributed by atoms with Crippen LogP contribution in [-0.2, 0) is 4.79 Å². The fourth-order valence-electron chi connectivity index (χ4n) is 4.93. The molecule has 0 unspecified atom stereocenters. The molecule has 0 aliphatic carbocycles. The fourth-order valence-corrected chi connectivity index (χ4v) is 5.16. The largest absolute Gasteiger partial charge is 0.372 e. The van der Waals surface area contributed by atoms with Gasteiger partial charge in [0, 0.05) is 24.3 Å². The van der Waals surface area contributed by atoms with E-state index in [2.05, 4.69) is 40.7 Å². The SMILES string of the molecule is CCN(CC)c1ccc(/C=C(\NC(=O)c2ccccc2Cl)C(=O)N/N=C\c2c3ccccc3cc3ccccc23)cc1. The van der Waals surface area contributed by atoms with Gasteiger partial charge in [-0.1, -0.05) is 84.4 Å². The van der Waals surface area contributed by atoms with Gasteiger partial charge in [0.15, 0.2) is 0 Å². The van der Waals surface area contributed by atoms with Gasteiger partial charge in [-0.3, -0.25) is 9.59 Å². The van der Waals surface area contributed by atoms with E-state index in [1.807, 2.05) is 72.8 Å². The predicted molar refractivity (Wildman–Crippen MR) is 174 cm³/mol. The van der Waals surface area contributed by atoms with E-state index < -0.39 is 11.8 Å². The molecule has 0 aliphatic rings. The molecule has 0 aliphatic heterocycles. The Morgan fingerprint density at radius 3 is 2.02 bits per heavy atom. The molecule has 0 radical (unpaired) electrons. The lowest BCUT2D eigenvalue weighted by Gasteiger charge is -2.21. The first-order valence-electron chi connectivity index (χ1n) is 13.8. The van der Waals surface area contributed by atoms with Gasteiger partial charge in [0.2, 0.25) is 0 Å². The monoisotopic (exact) mass is 574 g/mol.